The maximum absolute atomic E-state index is 11.9. The van der Waals surface area contributed by atoms with E-state index in [2.05, 4.69) is 0 Å². The molecule has 1 rings (SSSR count). The second-order valence-corrected chi connectivity index (χ2v) is 4.00. The van der Waals surface area contributed by atoms with Crippen molar-refractivity contribution < 1.29 is 14.7 Å². The lowest BCUT2D eigenvalue weighted by molar-refractivity contribution is -0.137. The number of hydrogen-bond donors (Lipinski definition) is 2. The normalized spacial score (nSPS) is 19.9. The van der Waals surface area contributed by atoms with Gasteiger partial charge in [-0.1, -0.05) is 0 Å². The second kappa shape index (κ2) is 5.69. The Morgan fingerprint density at radius 1 is 1.56 bits per heavy atom. The first-order chi connectivity index (χ1) is 7.54. The number of aliphatic carboxylic acids is 1. The van der Waals surface area contributed by atoms with Crippen molar-refractivity contribution >= 4 is 12.0 Å². The van der Waals surface area contributed by atoms with Crippen molar-refractivity contribution in [1.82, 2.24) is 9.80 Å². The van der Waals surface area contributed by atoms with Crippen molar-refractivity contribution in [3.05, 3.63) is 0 Å². The second-order valence-electron chi connectivity index (χ2n) is 4.00. The van der Waals surface area contributed by atoms with Crippen LogP contribution in [0, 0.1) is 0 Å². The summed E-state index contributed by atoms with van der Waals surface area (Å²) in [7, 11) is 0. The molecule has 16 heavy (non-hydrogen) atoms. The van der Waals surface area contributed by atoms with E-state index in [0.29, 0.717) is 19.6 Å². The Morgan fingerprint density at radius 2 is 2.25 bits per heavy atom. The van der Waals surface area contributed by atoms with E-state index in [9.17, 15) is 9.59 Å². The van der Waals surface area contributed by atoms with Gasteiger partial charge in [0.15, 0.2) is 0 Å². The summed E-state index contributed by atoms with van der Waals surface area (Å²) in [6.45, 7) is 3.87. The molecule has 1 atom stereocenters. The summed E-state index contributed by atoms with van der Waals surface area (Å²) in [6.07, 6.45) is 0.807. The zero-order chi connectivity index (χ0) is 12.1. The molecule has 1 saturated heterocycles. The first-order valence-corrected chi connectivity index (χ1v) is 5.55. The van der Waals surface area contributed by atoms with Crippen LogP contribution in [0.3, 0.4) is 0 Å². The third-order valence-electron chi connectivity index (χ3n) is 2.74. The van der Waals surface area contributed by atoms with Gasteiger partial charge in [-0.15, -0.1) is 0 Å². The van der Waals surface area contributed by atoms with Crippen LogP contribution in [0.4, 0.5) is 4.79 Å². The van der Waals surface area contributed by atoms with E-state index in [1.165, 1.54) is 0 Å². The van der Waals surface area contributed by atoms with E-state index in [-0.39, 0.29) is 25.0 Å². The van der Waals surface area contributed by atoms with Gasteiger partial charge in [-0.05, 0) is 13.3 Å². The fourth-order valence-corrected chi connectivity index (χ4v) is 1.78. The van der Waals surface area contributed by atoms with E-state index >= 15 is 0 Å². The van der Waals surface area contributed by atoms with Crippen LogP contribution in [0.5, 0.6) is 0 Å². The molecule has 1 fully saturated rings. The fourth-order valence-electron chi connectivity index (χ4n) is 1.78. The quantitative estimate of drug-likeness (QED) is 0.706. The molecule has 0 aromatic heterocycles. The number of likely N-dealkylation sites (tertiary alicyclic amines) is 1. The molecule has 3 N–H and O–H groups in total. The van der Waals surface area contributed by atoms with Gasteiger partial charge in [0.05, 0.1) is 6.42 Å². The van der Waals surface area contributed by atoms with Crippen molar-refractivity contribution in [1.29, 1.82) is 0 Å². The molecule has 2 amide bonds. The zero-order valence-electron chi connectivity index (χ0n) is 9.56. The predicted octanol–water partition coefficient (Wildman–Crippen LogP) is -0.0640. The highest BCUT2D eigenvalue weighted by atomic mass is 16.4. The number of carboxylic acids is 1. The van der Waals surface area contributed by atoms with Crippen LogP contribution in [0.25, 0.3) is 0 Å². The van der Waals surface area contributed by atoms with Gasteiger partial charge in [-0.2, -0.15) is 0 Å². The van der Waals surface area contributed by atoms with Crippen LogP contribution >= 0.6 is 0 Å². The summed E-state index contributed by atoms with van der Waals surface area (Å²) in [6, 6.07) is -0.0428. The number of carbonyl (C=O) groups excluding carboxylic acids is 1. The molecule has 1 unspecified atom stereocenters. The lowest BCUT2D eigenvalue weighted by Crippen LogP contribution is -2.43. The Bertz CT molecular complexity index is 270. The van der Waals surface area contributed by atoms with E-state index in [4.69, 9.17) is 10.8 Å². The molecule has 6 nitrogen and oxygen atoms in total. The predicted molar refractivity (Wildman–Crippen MR) is 59.1 cm³/mol. The summed E-state index contributed by atoms with van der Waals surface area (Å²) in [4.78, 5) is 25.6. The summed E-state index contributed by atoms with van der Waals surface area (Å²) >= 11 is 0. The number of carbonyl (C=O) groups is 2. The van der Waals surface area contributed by atoms with E-state index in [0.717, 1.165) is 6.42 Å². The fraction of sp³-hybridized carbons (Fsp3) is 0.800. The Morgan fingerprint density at radius 3 is 2.69 bits per heavy atom. The van der Waals surface area contributed by atoms with E-state index in [1.807, 2.05) is 6.92 Å². The Balaban J connectivity index is 2.45. The van der Waals surface area contributed by atoms with Crippen LogP contribution in [-0.4, -0.2) is 59.1 Å². The van der Waals surface area contributed by atoms with Crippen molar-refractivity contribution in [2.45, 2.75) is 25.8 Å². The first-order valence-electron chi connectivity index (χ1n) is 5.55. The number of rotatable bonds is 4. The molecule has 0 aliphatic carbocycles. The average Bonchev–Trinajstić information content (AvgIpc) is 2.65. The van der Waals surface area contributed by atoms with E-state index < -0.39 is 5.97 Å². The third-order valence-corrected chi connectivity index (χ3v) is 2.74. The van der Waals surface area contributed by atoms with Crippen molar-refractivity contribution in [3.63, 3.8) is 0 Å². The standard InChI is InChI=1S/C10H19N3O3/c1-2-12(6-4-9(14)15)10(16)13-5-3-8(11)7-13/h8H,2-7,11H2,1H3,(H,14,15). The molecule has 92 valence electrons. The number of nitrogens with two attached hydrogens (primary N) is 1. The minimum Gasteiger partial charge on any atom is -0.481 e. The number of urea groups is 1. The molecular formula is C10H19N3O3. The van der Waals surface area contributed by atoms with Crippen LogP contribution in [0.2, 0.25) is 0 Å². The van der Waals surface area contributed by atoms with Gasteiger partial charge in [0.2, 0.25) is 0 Å². The van der Waals surface area contributed by atoms with Crippen molar-refractivity contribution in [2.75, 3.05) is 26.2 Å². The summed E-state index contributed by atoms with van der Waals surface area (Å²) in [5, 5.41) is 8.58. The van der Waals surface area contributed by atoms with E-state index in [1.54, 1.807) is 9.80 Å². The highest BCUT2D eigenvalue weighted by Gasteiger charge is 2.26. The zero-order valence-corrected chi connectivity index (χ0v) is 9.56. The maximum atomic E-state index is 11.9. The highest BCUT2D eigenvalue weighted by molar-refractivity contribution is 5.75. The Kier molecular flexibility index (Phi) is 4.54. The monoisotopic (exact) mass is 229 g/mol. The Labute approximate surface area is 95.0 Å². The van der Waals surface area contributed by atoms with Gasteiger partial charge in [-0.3, -0.25) is 4.79 Å². The molecule has 1 heterocycles. The molecule has 0 radical (unpaired) electrons. The molecule has 0 aromatic rings. The first kappa shape index (κ1) is 12.8. The molecule has 0 bridgehead atoms. The van der Waals surface area contributed by atoms with Gasteiger partial charge in [0.1, 0.15) is 0 Å². The highest BCUT2D eigenvalue weighted by Crippen LogP contribution is 2.10. The number of amides is 2. The summed E-state index contributed by atoms with van der Waals surface area (Å²) < 4.78 is 0. The van der Waals surface area contributed by atoms with Crippen LogP contribution in [-0.2, 0) is 4.79 Å². The summed E-state index contributed by atoms with van der Waals surface area (Å²) in [5.41, 5.74) is 5.72. The minimum absolute atomic E-state index is 0.0144. The lowest BCUT2D eigenvalue weighted by atomic mass is 10.3. The molecule has 0 aromatic carbocycles. The molecule has 1 aliphatic heterocycles. The molecule has 1 aliphatic rings. The number of hydrogen-bond acceptors (Lipinski definition) is 3. The van der Waals surface area contributed by atoms with Gasteiger partial charge in [0.25, 0.3) is 0 Å². The van der Waals surface area contributed by atoms with Gasteiger partial charge in [0, 0.05) is 32.2 Å². The number of nitrogens with zero attached hydrogens (tertiary/aromatic N) is 2. The van der Waals surface area contributed by atoms with Gasteiger partial charge < -0.3 is 20.6 Å². The topological polar surface area (TPSA) is 86.9 Å². The van der Waals surface area contributed by atoms with Crippen molar-refractivity contribution in [3.8, 4) is 0 Å². The average molecular weight is 229 g/mol. The molecular weight excluding hydrogens is 210 g/mol. The molecule has 6 heteroatoms. The van der Waals surface area contributed by atoms with Crippen LogP contribution < -0.4 is 5.73 Å². The van der Waals surface area contributed by atoms with Crippen molar-refractivity contribution in [2.24, 2.45) is 5.73 Å². The molecule has 0 spiro atoms. The van der Waals surface area contributed by atoms with Gasteiger partial charge in [-0.25, -0.2) is 4.79 Å². The Hall–Kier alpha value is -1.30. The van der Waals surface area contributed by atoms with Crippen LogP contribution in [0.1, 0.15) is 19.8 Å². The minimum atomic E-state index is -0.885. The largest absolute Gasteiger partial charge is 0.481 e. The summed E-state index contributed by atoms with van der Waals surface area (Å²) in [5.74, 6) is -0.885. The number of carboxylic acid groups (broad SMARTS) is 1. The van der Waals surface area contributed by atoms with Crippen LogP contribution in [0.15, 0.2) is 0 Å². The third kappa shape index (κ3) is 3.37. The SMILES string of the molecule is CCN(CCC(=O)O)C(=O)N1CCC(N)C1. The lowest BCUT2D eigenvalue weighted by Gasteiger charge is -2.26. The maximum Gasteiger partial charge on any atom is 0.320 e. The molecule has 0 saturated carbocycles. The smallest absolute Gasteiger partial charge is 0.320 e. The van der Waals surface area contributed by atoms with Gasteiger partial charge >= 0.3 is 12.0 Å².